The van der Waals surface area contributed by atoms with Crippen molar-refractivity contribution in [2.45, 2.75) is 46.0 Å². The van der Waals surface area contributed by atoms with E-state index in [1.807, 2.05) is 6.07 Å². The van der Waals surface area contributed by atoms with Gasteiger partial charge in [-0.25, -0.2) is 0 Å². The molecule has 0 bridgehead atoms. The van der Waals surface area contributed by atoms with Crippen LogP contribution in [0, 0.1) is 0 Å². The van der Waals surface area contributed by atoms with Gasteiger partial charge in [-0.3, -0.25) is 0 Å². The smallest absolute Gasteiger partial charge is 0.0932 e. The summed E-state index contributed by atoms with van der Waals surface area (Å²) in [7, 11) is 0. The SMILES string of the molecule is CC(C)c1cc2ccnnc2cc1C(C)(C)C. The zero-order chi connectivity index (χ0) is 12.6. The average molecular weight is 228 g/mol. The quantitative estimate of drug-likeness (QED) is 0.736. The van der Waals surface area contributed by atoms with Crippen LogP contribution in [-0.2, 0) is 5.41 Å². The molecule has 17 heavy (non-hydrogen) atoms. The highest BCUT2D eigenvalue weighted by atomic mass is 15.1. The molecule has 0 atom stereocenters. The van der Waals surface area contributed by atoms with Crippen molar-refractivity contribution >= 4 is 10.9 Å². The Morgan fingerprint density at radius 3 is 2.41 bits per heavy atom. The number of fused-ring (bicyclic) bond motifs is 1. The van der Waals surface area contributed by atoms with E-state index in [9.17, 15) is 0 Å². The third-order valence-electron chi connectivity index (χ3n) is 3.12. The number of rotatable bonds is 1. The fourth-order valence-electron chi connectivity index (χ4n) is 2.18. The molecule has 2 heteroatoms. The zero-order valence-electron chi connectivity index (χ0n) is 11.3. The van der Waals surface area contributed by atoms with Gasteiger partial charge in [0.25, 0.3) is 0 Å². The highest BCUT2D eigenvalue weighted by Gasteiger charge is 2.20. The van der Waals surface area contributed by atoms with Crippen LogP contribution in [0.15, 0.2) is 24.4 Å². The molecule has 0 N–H and O–H groups in total. The third kappa shape index (κ3) is 2.31. The van der Waals surface area contributed by atoms with Gasteiger partial charge >= 0.3 is 0 Å². The zero-order valence-corrected chi connectivity index (χ0v) is 11.3. The lowest BCUT2D eigenvalue weighted by Gasteiger charge is -2.25. The van der Waals surface area contributed by atoms with Gasteiger partial charge in [0.15, 0.2) is 0 Å². The largest absolute Gasteiger partial charge is 0.159 e. The summed E-state index contributed by atoms with van der Waals surface area (Å²) in [6.45, 7) is 11.2. The van der Waals surface area contributed by atoms with E-state index in [2.05, 4.69) is 56.9 Å². The van der Waals surface area contributed by atoms with E-state index >= 15 is 0 Å². The maximum atomic E-state index is 4.21. The standard InChI is InChI=1S/C15H20N2/c1-10(2)12-8-11-6-7-16-17-14(11)9-13(12)15(3,4)5/h6-10H,1-5H3. The molecule has 2 aromatic rings. The first-order chi connectivity index (χ1) is 7.89. The van der Waals surface area contributed by atoms with Gasteiger partial charge in [-0.2, -0.15) is 10.2 Å². The number of hydrogen-bond acceptors (Lipinski definition) is 2. The highest BCUT2D eigenvalue weighted by Crippen LogP contribution is 2.33. The van der Waals surface area contributed by atoms with E-state index in [4.69, 9.17) is 0 Å². The predicted molar refractivity (Wildman–Crippen MR) is 72.3 cm³/mol. The molecule has 0 spiro atoms. The molecule has 0 saturated carbocycles. The topological polar surface area (TPSA) is 25.8 Å². The van der Waals surface area contributed by atoms with E-state index in [1.165, 1.54) is 16.5 Å². The molecular formula is C15H20N2. The Morgan fingerprint density at radius 2 is 1.82 bits per heavy atom. The van der Waals surface area contributed by atoms with Crippen LogP contribution in [0.4, 0.5) is 0 Å². The average Bonchev–Trinajstić information content (AvgIpc) is 2.26. The first kappa shape index (κ1) is 12.0. The second kappa shape index (κ2) is 4.10. The van der Waals surface area contributed by atoms with Crippen molar-refractivity contribution in [2.75, 3.05) is 0 Å². The van der Waals surface area contributed by atoms with Crippen LogP contribution in [0.25, 0.3) is 10.9 Å². The monoisotopic (exact) mass is 228 g/mol. The lowest BCUT2D eigenvalue weighted by molar-refractivity contribution is 0.578. The summed E-state index contributed by atoms with van der Waals surface area (Å²) in [4.78, 5) is 0. The minimum absolute atomic E-state index is 0.144. The summed E-state index contributed by atoms with van der Waals surface area (Å²) in [6.07, 6.45) is 1.75. The molecule has 0 unspecified atom stereocenters. The Labute approximate surface area is 103 Å². The molecule has 1 heterocycles. The van der Waals surface area contributed by atoms with Crippen LogP contribution in [0.5, 0.6) is 0 Å². The summed E-state index contributed by atoms with van der Waals surface area (Å²) in [5, 5.41) is 9.34. The van der Waals surface area contributed by atoms with Crippen LogP contribution in [-0.4, -0.2) is 10.2 Å². The minimum atomic E-state index is 0.144. The van der Waals surface area contributed by atoms with Crippen molar-refractivity contribution in [3.8, 4) is 0 Å². The molecule has 0 aliphatic heterocycles. The molecule has 0 fully saturated rings. The Morgan fingerprint density at radius 1 is 1.12 bits per heavy atom. The minimum Gasteiger partial charge on any atom is -0.159 e. The van der Waals surface area contributed by atoms with Crippen LogP contribution >= 0.6 is 0 Å². The molecule has 2 rings (SSSR count). The van der Waals surface area contributed by atoms with Crippen molar-refractivity contribution < 1.29 is 0 Å². The second-order valence-electron chi connectivity index (χ2n) is 5.93. The van der Waals surface area contributed by atoms with Crippen molar-refractivity contribution in [3.05, 3.63) is 35.5 Å². The van der Waals surface area contributed by atoms with Crippen molar-refractivity contribution in [1.29, 1.82) is 0 Å². The van der Waals surface area contributed by atoms with E-state index < -0.39 is 0 Å². The Hall–Kier alpha value is -1.44. The summed E-state index contributed by atoms with van der Waals surface area (Å²) in [5.74, 6) is 0.529. The van der Waals surface area contributed by atoms with Crippen LogP contribution < -0.4 is 0 Å². The summed E-state index contributed by atoms with van der Waals surface area (Å²) < 4.78 is 0. The predicted octanol–water partition coefficient (Wildman–Crippen LogP) is 4.05. The van der Waals surface area contributed by atoms with E-state index in [0.29, 0.717) is 5.92 Å². The highest BCUT2D eigenvalue weighted by molar-refractivity contribution is 5.80. The van der Waals surface area contributed by atoms with E-state index in [0.717, 1.165) is 5.52 Å². The fourth-order valence-corrected chi connectivity index (χ4v) is 2.18. The van der Waals surface area contributed by atoms with E-state index in [-0.39, 0.29) is 5.41 Å². The van der Waals surface area contributed by atoms with Crippen LogP contribution in [0.2, 0.25) is 0 Å². The number of aromatic nitrogens is 2. The first-order valence-corrected chi connectivity index (χ1v) is 6.15. The molecule has 90 valence electrons. The first-order valence-electron chi connectivity index (χ1n) is 6.15. The maximum Gasteiger partial charge on any atom is 0.0932 e. The molecule has 1 aromatic carbocycles. The van der Waals surface area contributed by atoms with Crippen molar-refractivity contribution in [2.24, 2.45) is 0 Å². The van der Waals surface area contributed by atoms with Gasteiger partial charge in [-0.05, 0) is 40.7 Å². The van der Waals surface area contributed by atoms with Crippen LogP contribution in [0.3, 0.4) is 0 Å². The van der Waals surface area contributed by atoms with Gasteiger partial charge in [-0.1, -0.05) is 34.6 Å². The second-order valence-corrected chi connectivity index (χ2v) is 5.93. The van der Waals surface area contributed by atoms with Crippen LogP contribution in [0.1, 0.15) is 51.7 Å². The lowest BCUT2D eigenvalue weighted by Crippen LogP contribution is -2.15. The summed E-state index contributed by atoms with van der Waals surface area (Å²) in [6, 6.07) is 6.48. The van der Waals surface area contributed by atoms with Gasteiger partial charge in [0, 0.05) is 5.39 Å². The molecule has 0 aliphatic carbocycles. The number of nitrogens with zero attached hydrogens (tertiary/aromatic N) is 2. The van der Waals surface area contributed by atoms with Gasteiger partial charge in [0.2, 0.25) is 0 Å². The normalized spacial score (nSPS) is 12.4. The fraction of sp³-hybridized carbons (Fsp3) is 0.467. The Kier molecular flexibility index (Phi) is 2.90. The molecule has 0 radical (unpaired) electrons. The van der Waals surface area contributed by atoms with E-state index in [1.54, 1.807) is 6.20 Å². The van der Waals surface area contributed by atoms with Crippen molar-refractivity contribution in [3.63, 3.8) is 0 Å². The van der Waals surface area contributed by atoms with Gasteiger partial charge < -0.3 is 0 Å². The number of benzene rings is 1. The molecule has 0 amide bonds. The van der Waals surface area contributed by atoms with Gasteiger partial charge in [-0.15, -0.1) is 0 Å². The summed E-state index contributed by atoms with van der Waals surface area (Å²) >= 11 is 0. The molecule has 0 saturated heterocycles. The van der Waals surface area contributed by atoms with Gasteiger partial charge in [0.05, 0.1) is 11.7 Å². The molecular weight excluding hydrogens is 208 g/mol. The Balaban J connectivity index is 2.75. The summed E-state index contributed by atoms with van der Waals surface area (Å²) in [5.41, 5.74) is 3.92. The molecule has 2 nitrogen and oxygen atoms in total. The number of hydrogen-bond donors (Lipinski definition) is 0. The third-order valence-corrected chi connectivity index (χ3v) is 3.12. The maximum absolute atomic E-state index is 4.21. The molecule has 0 aliphatic rings. The van der Waals surface area contributed by atoms with Crippen molar-refractivity contribution in [1.82, 2.24) is 10.2 Å². The van der Waals surface area contributed by atoms with Gasteiger partial charge in [0.1, 0.15) is 0 Å². The lowest BCUT2D eigenvalue weighted by atomic mass is 9.80. The molecule has 1 aromatic heterocycles. The Bertz CT molecular complexity index is 536.